The molecule has 1 aromatic heterocycles. The van der Waals surface area contributed by atoms with Gasteiger partial charge in [0, 0.05) is 35.6 Å². The van der Waals surface area contributed by atoms with E-state index in [0.29, 0.717) is 47.2 Å². The number of ketones is 1. The van der Waals surface area contributed by atoms with Crippen molar-refractivity contribution in [3.8, 4) is 0 Å². The Morgan fingerprint density at radius 2 is 1.73 bits per heavy atom. The number of likely N-dealkylation sites (tertiary alicyclic amines) is 1. The van der Waals surface area contributed by atoms with Crippen LogP contribution in [-0.2, 0) is 11.2 Å². The second-order valence-corrected chi connectivity index (χ2v) is 11.9. The lowest BCUT2D eigenvalue weighted by Gasteiger charge is -2.34. The smallest absolute Gasteiger partial charge is 0.267 e. The average Bonchev–Trinajstić information content (AvgIpc) is 3.48. The van der Waals surface area contributed by atoms with Crippen molar-refractivity contribution in [1.82, 2.24) is 20.4 Å². The Balaban J connectivity index is 1.29. The highest BCUT2D eigenvalue weighted by Crippen LogP contribution is 2.40. The molecule has 0 saturated carbocycles. The van der Waals surface area contributed by atoms with E-state index in [4.69, 9.17) is 0 Å². The summed E-state index contributed by atoms with van der Waals surface area (Å²) >= 11 is 0. The van der Waals surface area contributed by atoms with Crippen LogP contribution in [0.3, 0.4) is 0 Å². The lowest BCUT2D eigenvalue weighted by Crippen LogP contribution is -2.46. The van der Waals surface area contributed by atoms with Gasteiger partial charge in [0.1, 0.15) is 5.82 Å². The number of hydrogen-bond acceptors (Lipinski definition) is 5. The molecule has 9 heteroatoms. The number of hydrogen-bond donors (Lipinski definition) is 2. The van der Waals surface area contributed by atoms with E-state index >= 15 is 0 Å². The fraction of sp³-hybridized carbons (Fsp3) is 0.306. The van der Waals surface area contributed by atoms with Gasteiger partial charge in [0.15, 0.2) is 5.78 Å². The van der Waals surface area contributed by atoms with Crippen molar-refractivity contribution in [3.63, 3.8) is 0 Å². The van der Waals surface area contributed by atoms with Crippen LogP contribution in [0, 0.1) is 25.6 Å². The Bertz CT molecular complexity index is 1770. The maximum atomic E-state index is 14.2. The molecule has 1 saturated heterocycles. The SMILES string of the molecule is Cc1cc(Cc2ccc(C(=O)NCC(=O)N3[C@@H]([C@H](C)CC(=O)c4ccccc4)CC[C@H]3c3cccc(F)c3)cc2C)c(=O)[nH]n1. The van der Waals surface area contributed by atoms with Crippen LogP contribution in [-0.4, -0.2) is 45.3 Å². The molecule has 3 atom stereocenters. The number of amides is 2. The zero-order valence-electron chi connectivity index (χ0n) is 25.7. The van der Waals surface area contributed by atoms with Crippen LogP contribution in [0.5, 0.6) is 0 Å². The van der Waals surface area contributed by atoms with Gasteiger partial charge in [-0.3, -0.25) is 19.2 Å². The molecule has 0 bridgehead atoms. The number of aromatic amines is 1. The Labute approximate surface area is 261 Å². The van der Waals surface area contributed by atoms with E-state index in [1.54, 1.807) is 54.3 Å². The molecule has 1 fully saturated rings. The fourth-order valence-electron chi connectivity index (χ4n) is 6.25. The van der Waals surface area contributed by atoms with Gasteiger partial charge in [0.25, 0.3) is 11.5 Å². The van der Waals surface area contributed by atoms with Gasteiger partial charge in [-0.1, -0.05) is 55.5 Å². The summed E-state index contributed by atoms with van der Waals surface area (Å²) in [5, 5.41) is 9.17. The number of aromatic nitrogens is 2. The van der Waals surface area contributed by atoms with Gasteiger partial charge in [-0.15, -0.1) is 0 Å². The highest BCUT2D eigenvalue weighted by molar-refractivity contribution is 5.97. The second-order valence-electron chi connectivity index (χ2n) is 11.9. The second kappa shape index (κ2) is 13.8. The number of carbonyl (C=O) groups excluding carboxylic acids is 3. The van der Waals surface area contributed by atoms with Crippen molar-refractivity contribution in [2.45, 2.75) is 58.5 Å². The van der Waals surface area contributed by atoms with Gasteiger partial charge in [-0.05, 0) is 79.6 Å². The van der Waals surface area contributed by atoms with E-state index in [9.17, 15) is 23.6 Å². The first-order valence-corrected chi connectivity index (χ1v) is 15.2. The minimum Gasteiger partial charge on any atom is -0.343 e. The van der Waals surface area contributed by atoms with Gasteiger partial charge in [0.2, 0.25) is 5.91 Å². The molecule has 2 amide bonds. The fourth-order valence-corrected chi connectivity index (χ4v) is 6.25. The Kier molecular flexibility index (Phi) is 9.66. The molecule has 0 unspecified atom stereocenters. The number of aryl methyl sites for hydroxylation is 2. The molecule has 232 valence electrons. The summed E-state index contributed by atoms with van der Waals surface area (Å²) in [6.45, 7) is 5.39. The number of benzene rings is 3. The van der Waals surface area contributed by atoms with Crippen molar-refractivity contribution in [3.05, 3.63) is 134 Å². The monoisotopic (exact) mass is 608 g/mol. The number of halogens is 1. The summed E-state index contributed by atoms with van der Waals surface area (Å²) in [6.07, 6.45) is 1.94. The standard InChI is InChI=1S/C36H37FN4O4/c1-22-16-28(13-12-26(22)19-29-18-24(3)39-40-36(29)45)35(44)38-21-34(43)41-31(14-15-32(41)27-10-7-11-30(37)20-27)23(2)17-33(42)25-8-5-4-6-9-25/h4-13,16,18,20,23,31-32H,14-15,17,19,21H2,1-3H3,(H,38,44)(H,40,45)/t23-,31-,32+/m1/s1. The Morgan fingerprint density at radius 3 is 2.47 bits per heavy atom. The molecule has 1 aliphatic heterocycles. The first-order valence-electron chi connectivity index (χ1n) is 15.2. The topological polar surface area (TPSA) is 112 Å². The molecule has 4 aromatic rings. The highest BCUT2D eigenvalue weighted by atomic mass is 19.1. The van der Waals surface area contributed by atoms with Gasteiger partial charge >= 0.3 is 0 Å². The van der Waals surface area contributed by atoms with E-state index in [1.165, 1.54) is 12.1 Å². The molecule has 2 N–H and O–H groups in total. The molecular weight excluding hydrogens is 571 g/mol. The van der Waals surface area contributed by atoms with Gasteiger partial charge < -0.3 is 10.2 Å². The maximum Gasteiger partial charge on any atom is 0.267 e. The minimum absolute atomic E-state index is 0.000460. The summed E-state index contributed by atoms with van der Waals surface area (Å²) in [4.78, 5) is 53.9. The number of Topliss-reactive ketones (excluding diaryl/α,β-unsaturated/α-hetero) is 1. The van der Waals surface area contributed by atoms with E-state index in [2.05, 4.69) is 15.5 Å². The summed E-state index contributed by atoms with van der Waals surface area (Å²) < 4.78 is 14.2. The van der Waals surface area contributed by atoms with Crippen molar-refractivity contribution < 1.29 is 18.8 Å². The molecule has 1 aliphatic rings. The summed E-state index contributed by atoms with van der Waals surface area (Å²) in [6, 6.07) is 21.7. The number of carbonyl (C=O) groups is 3. The lowest BCUT2D eigenvalue weighted by molar-refractivity contribution is -0.134. The summed E-state index contributed by atoms with van der Waals surface area (Å²) in [7, 11) is 0. The van der Waals surface area contributed by atoms with Crippen LogP contribution in [0.4, 0.5) is 4.39 Å². The van der Waals surface area contributed by atoms with E-state index in [0.717, 1.165) is 11.1 Å². The number of nitrogens with one attached hydrogen (secondary N) is 2. The third-order valence-corrected chi connectivity index (χ3v) is 8.60. The van der Waals surface area contributed by atoms with Crippen molar-refractivity contribution in [2.75, 3.05) is 6.54 Å². The zero-order valence-corrected chi connectivity index (χ0v) is 25.7. The van der Waals surface area contributed by atoms with E-state index < -0.39 is 5.91 Å². The van der Waals surface area contributed by atoms with Crippen LogP contribution in [0.15, 0.2) is 83.7 Å². The first kappa shape index (κ1) is 31.5. The Hall–Kier alpha value is -4.92. The van der Waals surface area contributed by atoms with E-state index in [1.807, 2.05) is 38.1 Å². The normalized spacial score (nSPS) is 16.8. The molecule has 5 rings (SSSR count). The third-order valence-electron chi connectivity index (χ3n) is 8.60. The molecule has 3 aromatic carbocycles. The minimum atomic E-state index is -0.402. The molecule has 45 heavy (non-hydrogen) atoms. The zero-order chi connectivity index (χ0) is 32.1. The van der Waals surface area contributed by atoms with Gasteiger partial charge in [-0.25, -0.2) is 9.49 Å². The number of nitrogens with zero attached hydrogens (tertiary/aromatic N) is 2. The van der Waals surface area contributed by atoms with Crippen LogP contribution >= 0.6 is 0 Å². The summed E-state index contributed by atoms with van der Waals surface area (Å²) in [5.41, 5.74) is 4.48. The summed E-state index contributed by atoms with van der Waals surface area (Å²) in [5.74, 6) is -1.23. The predicted molar refractivity (Wildman–Crippen MR) is 169 cm³/mol. The van der Waals surface area contributed by atoms with Crippen molar-refractivity contribution in [2.24, 2.45) is 5.92 Å². The largest absolute Gasteiger partial charge is 0.343 e. The van der Waals surface area contributed by atoms with Crippen molar-refractivity contribution >= 4 is 17.6 Å². The molecule has 0 aliphatic carbocycles. The van der Waals surface area contributed by atoms with Crippen LogP contribution in [0.25, 0.3) is 0 Å². The van der Waals surface area contributed by atoms with Crippen LogP contribution < -0.4 is 10.9 Å². The lowest BCUT2D eigenvalue weighted by atomic mass is 9.92. The third kappa shape index (κ3) is 7.42. The molecule has 0 spiro atoms. The average molecular weight is 609 g/mol. The van der Waals surface area contributed by atoms with Crippen molar-refractivity contribution in [1.29, 1.82) is 0 Å². The van der Waals surface area contributed by atoms with E-state index in [-0.39, 0.29) is 54.0 Å². The maximum absolute atomic E-state index is 14.2. The first-order chi connectivity index (χ1) is 21.6. The molecular formula is C36H37FN4O4. The quantitative estimate of drug-likeness (QED) is 0.231. The highest BCUT2D eigenvalue weighted by Gasteiger charge is 2.40. The molecule has 0 radical (unpaired) electrons. The van der Waals surface area contributed by atoms with Gasteiger partial charge in [-0.2, -0.15) is 5.10 Å². The van der Waals surface area contributed by atoms with Gasteiger partial charge in [0.05, 0.1) is 18.3 Å². The number of rotatable bonds is 10. The number of H-pyrrole nitrogens is 1. The van der Waals surface area contributed by atoms with Crippen LogP contribution in [0.1, 0.15) is 80.9 Å². The Morgan fingerprint density at radius 1 is 0.956 bits per heavy atom. The predicted octanol–water partition coefficient (Wildman–Crippen LogP) is 5.49. The molecule has 2 heterocycles. The molecule has 8 nitrogen and oxygen atoms in total. The van der Waals surface area contributed by atoms with Crippen LogP contribution in [0.2, 0.25) is 0 Å².